The summed E-state index contributed by atoms with van der Waals surface area (Å²) in [6.07, 6.45) is 6.91. The number of nitrogens with zero attached hydrogens (tertiary/aromatic N) is 2. The van der Waals surface area contributed by atoms with Crippen molar-refractivity contribution in [3.05, 3.63) is 71.3 Å². The predicted octanol–water partition coefficient (Wildman–Crippen LogP) is 3.17. The summed E-state index contributed by atoms with van der Waals surface area (Å²) in [6, 6.07) is 8.53. The number of pyridine rings is 1. The molecule has 0 saturated heterocycles. The van der Waals surface area contributed by atoms with Crippen molar-refractivity contribution in [1.29, 1.82) is 0 Å². The van der Waals surface area contributed by atoms with E-state index in [4.69, 9.17) is 4.74 Å². The van der Waals surface area contributed by atoms with Crippen LogP contribution >= 0.6 is 0 Å². The van der Waals surface area contributed by atoms with E-state index in [1.165, 1.54) is 6.07 Å². The molecule has 4 rings (SSSR count). The summed E-state index contributed by atoms with van der Waals surface area (Å²) >= 11 is 0. The Morgan fingerprint density at radius 2 is 2.20 bits per heavy atom. The molecule has 1 aliphatic rings. The topological polar surface area (TPSA) is 80.9 Å². The molecular formula is C19H16N2O4. The van der Waals surface area contributed by atoms with Gasteiger partial charge in [0.1, 0.15) is 0 Å². The van der Waals surface area contributed by atoms with Crippen molar-refractivity contribution < 1.29 is 19.4 Å². The number of fused-ring (bicyclic) bond motifs is 1. The molecular weight excluding hydrogens is 320 g/mol. The quantitative estimate of drug-likeness (QED) is 0.699. The Morgan fingerprint density at radius 1 is 1.36 bits per heavy atom. The third-order valence-corrected chi connectivity index (χ3v) is 4.58. The molecule has 0 aliphatic heterocycles. The van der Waals surface area contributed by atoms with Gasteiger partial charge in [-0.1, -0.05) is 12.1 Å². The average Bonchev–Trinajstić information content (AvgIpc) is 3.36. The van der Waals surface area contributed by atoms with Crippen LogP contribution in [0, 0.1) is 0 Å². The number of carboxylic acid groups (broad SMARTS) is 1. The molecule has 6 heteroatoms. The fourth-order valence-corrected chi connectivity index (χ4v) is 3.27. The number of benzene rings is 1. The molecule has 0 bridgehead atoms. The average molecular weight is 336 g/mol. The highest BCUT2D eigenvalue weighted by Gasteiger charge is 2.31. The van der Waals surface area contributed by atoms with Crippen molar-refractivity contribution >= 4 is 18.0 Å². The Bertz CT molecular complexity index is 959. The lowest BCUT2D eigenvalue weighted by Gasteiger charge is -2.21. The van der Waals surface area contributed by atoms with Gasteiger partial charge in [-0.15, -0.1) is 0 Å². The normalized spacial score (nSPS) is 15.0. The second-order valence-electron chi connectivity index (χ2n) is 6.19. The number of carboxylic acids is 1. The number of carbonyl (C=O) groups excluding carboxylic acids is 1. The Morgan fingerprint density at radius 3 is 2.92 bits per heavy atom. The molecule has 0 amide bonds. The van der Waals surface area contributed by atoms with Crippen LogP contribution in [0.15, 0.2) is 49.1 Å². The lowest BCUT2D eigenvalue weighted by Crippen LogP contribution is -2.11. The molecule has 1 aromatic carbocycles. The van der Waals surface area contributed by atoms with Crippen LogP contribution in [0.25, 0.3) is 5.52 Å². The van der Waals surface area contributed by atoms with Gasteiger partial charge >= 0.3 is 5.97 Å². The van der Waals surface area contributed by atoms with E-state index < -0.39 is 12.1 Å². The van der Waals surface area contributed by atoms with Crippen molar-refractivity contribution in [2.24, 2.45) is 0 Å². The molecule has 1 atom stereocenters. The molecule has 25 heavy (non-hydrogen) atoms. The van der Waals surface area contributed by atoms with Crippen molar-refractivity contribution in [2.75, 3.05) is 0 Å². The minimum Gasteiger partial charge on any atom is -0.478 e. The van der Waals surface area contributed by atoms with E-state index in [2.05, 4.69) is 4.98 Å². The Labute approximate surface area is 143 Å². The van der Waals surface area contributed by atoms with Crippen molar-refractivity contribution in [1.82, 2.24) is 9.38 Å². The molecule has 0 spiro atoms. The minimum absolute atomic E-state index is 0.158. The van der Waals surface area contributed by atoms with Gasteiger partial charge in [-0.05, 0) is 48.1 Å². The number of ether oxygens (including phenoxy) is 1. The van der Waals surface area contributed by atoms with Gasteiger partial charge in [0.25, 0.3) is 6.47 Å². The van der Waals surface area contributed by atoms with E-state index in [-0.39, 0.29) is 5.56 Å². The van der Waals surface area contributed by atoms with Crippen LogP contribution in [0.1, 0.15) is 51.9 Å². The molecule has 1 N–H and O–H groups in total. The zero-order valence-electron chi connectivity index (χ0n) is 13.3. The van der Waals surface area contributed by atoms with E-state index in [0.717, 1.165) is 29.5 Å². The lowest BCUT2D eigenvalue weighted by atomic mass is 9.93. The first-order valence-corrected chi connectivity index (χ1v) is 8.06. The van der Waals surface area contributed by atoms with Gasteiger partial charge in [0.05, 0.1) is 23.6 Å². The standard InChI is InChI=1S/C19H16N2O4/c22-11-25-18(13-2-1-3-14(8-13)19(23)24)17-15(12-4-5-12)6-7-21-10-20-9-16(17)21/h1-3,6-12,18H,4-5H2,(H,23,24). The van der Waals surface area contributed by atoms with Gasteiger partial charge in [0, 0.05) is 11.8 Å². The van der Waals surface area contributed by atoms with Gasteiger partial charge in [-0.2, -0.15) is 0 Å². The lowest BCUT2D eigenvalue weighted by molar-refractivity contribution is -0.132. The van der Waals surface area contributed by atoms with Crippen molar-refractivity contribution in [3.63, 3.8) is 0 Å². The maximum atomic E-state index is 11.3. The third kappa shape index (κ3) is 2.76. The summed E-state index contributed by atoms with van der Waals surface area (Å²) in [5, 5.41) is 9.26. The van der Waals surface area contributed by atoms with Crippen molar-refractivity contribution in [3.8, 4) is 0 Å². The number of hydrogen-bond acceptors (Lipinski definition) is 4. The first-order valence-electron chi connectivity index (χ1n) is 8.06. The molecule has 2 aromatic heterocycles. The minimum atomic E-state index is -1.02. The Kier molecular flexibility index (Phi) is 3.72. The van der Waals surface area contributed by atoms with Crippen LogP contribution in [0.3, 0.4) is 0 Å². The van der Waals surface area contributed by atoms with E-state index in [0.29, 0.717) is 18.0 Å². The highest BCUT2D eigenvalue weighted by molar-refractivity contribution is 5.87. The Balaban J connectivity index is 1.92. The van der Waals surface area contributed by atoms with Gasteiger partial charge in [0.15, 0.2) is 6.10 Å². The fourth-order valence-electron chi connectivity index (χ4n) is 3.27. The molecule has 6 nitrogen and oxygen atoms in total. The first-order chi connectivity index (χ1) is 12.2. The number of carbonyl (C=O) groups is 2. The number of aromatic carboxylic acids is 1. The zero-order chi connectivity index (χ0) is 17.4. The van der Waals surface area contributed by atoms with Crippen LogP contribution in [0.4, 0.5) is 0 Å². The monoisotopic (exact) mass is 336 g/mol. The molecule has 3 aromatic rings. The summed E-state index contributed by atoms with van der Waals surface area (Å²) in [5.41, 5.74) is 3.64. The van der Waals surface area contributed by atoms with Crippen LogP contribution in [-0.4, -0.2) is 26.9 Å². The van der Waals surface area contributed by atoms with E-state index in [1.54, 1.807) is 30.7 Å². The number of rotatable bonds is 6. The van der Waals surface area contributed by atoms with Crippen LogP contribution in [-0.2, 0) is 9.53 Å². The van der Waals surface area contributed by atoms with Crippen molar-refractivity contribution in [2.45, 2.75) is 24.9 Å². The largest absolute Gasteiger partial charge is 0.478 e. The highest BCUT2D eigenvalue weighted by atomic mass is 16.5. The predicted molar refractivity (Wildman–Crippen MR) is 89.6 cm³/mol. The van der Waals surface area contributed by atoms with Gasteiger partial charge in [-0.3, -0.25) is 4.79 Å². The van der Waals surface area contributed by atoms with Gasteiger partial charge in [0.2, 0.25) is 0 Å². The van der Waals surface area contributed by atoms with Crippen LogP contribution in [0.5, 0.6) is 0 Å². The summed E-state index contributed by atoms with van der Waals surface area (Å²) < 4.78 is 7.31. The summed E-state index contributed by atoms with van der Waals surface area (Å²) in [7, 11) is 0. The molecule has 0 radical (unpaired) electrons. The SMILES string of the molecule is O=COC(c1cccc(C(=O)O)c1)c1c(C2CC2)ccn2cncc12. The van der Waals surface area contributed by atoms with Gasteiger partial charge in [-0.25, -0.2) is 9.78 Å². The summed E-state index contributed by atoms with van der Waals surface area (Å²) in [5.74, 6) is -0.577. The highest BCUT2D eigenvalue weighted by Crippen LogP contribution is 2.45. The number of hydrogen-bond donors (Lipinski definition) is 1. The summed E-state index contributed by atoms with van der Waals surface area (Å²) in [6.45, 7) is 0.411. The first kappa shape index (κ1) is 15.4. The van der Waals surface area contributed by atoms with Crippen LogP contribution in [0.2, 0.25) is 0 Å². The van der Waals surface area contributed by atoms with E-state index in [9.17, 15) is 14.7 Å². The molecule has 1 aliphatic carbocycles. The van der Waals surface area contributed by atoms with E-state index >= 15 is 0 Å². The summed E-state index contributed by atoms with van der Waals surface area (Å²) in [4.78, 5) is 26.7. The maximum Gasteiger partial charge on any atom is 0.335 e. The maximum absolute atomic E-state index is 11.3. The molecule has 1 saturated carbocycles. The zero-order valence-corrected chi connectivity index (χ0v) is 13.3. The molecule has 1 unspecified atom stereocenters. The number of imidazole rings is 1. The second-order valence-corrected chi connectivity index (χ2v) is 6.19. The third-order valence-electron chi connectivity index (χ3n) is 4.58. The van der Waals surface area contributed by atoms with Crippen LogP contribution < -0.4 is 0 Å². The molecule has 1 fully saturated rings. The van der Waals surface area contributed by atoms with Gasteiger partial charge < -0.3 is 14.2 Å². The molecule has 2 heterocycles. The fraction of sp³-hybridized carbons (Fsp3) is 0.211. The second kappa shape index (κ2) is 6.05. The number of aromatic nitrogens is 2. The smallest absolute Gasteiger partial charge is 0.335 e. The van der Waals surface area contributed by atoms with E-state index in [1.807, 2.05) is 16.7 Å². The Hall–Kier alpha value is -3.15. The molecule has 126 valence electrons.